The quantitative estimate of drug-likeness (QED) is 0.360. The molecule has 3 rings (SSSR count). The van der Waals surface area contributed by atoms with Gasteiger partial charge in [0, 0.05) is 5.33 Å². The highest BCUT2D eigenvalue weighted by molar-refractivity contribution is 9.09. The van der Waals surface area contributed by atoms with Crippen molar-refractivity contribution in [2.24, 2.45) is 52.8 Å². The van der Waals surface area contributed by atoms with Crippen LogP contribution in [0, 0.1) is 52.8 Å². The van der Waals surface area contributed by atoms with Crippen molar-refractivity contribution in [3.8, 4) is 0 Å². The highest BCUT2D eigenvalue weighted by atomic mass is 79.9. The van der Waals surface area contributed by atoms with Crippen LogP contribution in [0.2, 0.25) is 0 Å². The molecule has 0 amide bonds. The molecule has 26 heavy (non-hydrogen) atoms. The Morgan fingerprint density at radius 1 is 0.962 bits per heavy atom. The largest absolute Gasteiger partial charge is 0.0925 e. The number of rotatable bonds is 7. The van der Waals surface area contributed by atoms with Crippen LogP contribution in [0.3, 0.4) is 0 Å². The second-order valence-corrected chi connectivity index (χ2v) is 11.7. The molecule has 3 fully saturated rings. The molecule has 0 aromatic carbocycles. The fraction of sp³-hybridized carbons (Fsp3) is 1.00. The van der Waals surface area contributed by atoms with Gasteiger partial charge in [-0.1, -0.05) is 69.8 Å². The van der Waals surface area contributed by atoms with E-state index in [2.05, 4.69) is 50.5 Å². The van der Waals surface area contributed by atoms with Gasteiger partial charge in [-0.15, -0.1) is 0 Å². The smallest absolute Gasteiger partial charge is 0.00598 e. The second kappa shape index (κ2) is 8.87. The van der Waals surface area contributed by atoms with Crippen molar-refractivity contribution < 1.29 is 0 Å². The first-order valence-electron chi connectivity index (χ1n) is 12.0. The summed E-state index contributed by atoms with van der Waals surface area (Å²) in [6, 6.07) is 0. The predicted molar refractivity (Wildman–Crippen MR) is 119 cm³/mol. The van der Waals surface area contributed by atoms with Gasteiger partial charge in [-0.2, -0.15) is 0 Å². The minimum absolute atomic E-state index is 0.649. The Bertz CT molecular complexity index is 443. The number of hydrogen-bond donors (Lipinski definition) is 0. The number of fused-ring (bicyclic) bond motifs is 3. The van der Waals surface area contributed by atoms with Gasteiger partial charge in [0.05, 0.1) is 0 Å². The van der Waals surface area contributed by atoms with Crippen molar-refractivity contribution in [2.75, 3.05) is 5.33 Å². The van der Waals surface area contributed by atoms with Gasteiger partial charge in [-0.25, -0.2) is 0 Å². The molecular formula is C25H45Br. The Balaban J connectivity index is 1.74. The molecule has 8 atom stereocenters. The fourth-order valence-electron chi connectivity index (χ4n) is 8.01. The monoisotopic (exact) mass is 424 g/mol. The summed E-state index contributed by atoms with van der Waals surface area (Å²) in [4.78, 5) is 0. The second-order valence-electron chi connectivity index (χ2n) is 11.1. The third-order valence-corrected chi connectivity index (χ3v) is 10.3. The van der Waals surface area contributed by atoms with E-state index in [1.165, 1.54) is 50.3 Å². The summed E-state index contributed by atoms with van der Waals surface area (Å²) in [5.41, 5.74) is 0.649. The summed E-state index contributed by atoms with van der Waals surface area (Å²) in [5, 5.41) is 1.20. The van der Waals surface area contributed by atoms with E-state index in [0.29, 0.717) is 5.41 Å². The predicted octanol–water partition coefficient (Wildman–Crippen LogP) is 8.34. The van der Waals surface area contributed by atoms with Crippen LogP contribution in [0.1, 0.15) is 98.8 Å². The Morgan fingerprint density at radius 3 is 2.38 bits per heavy atom. The normalized spacial score (nSPS) is 44.0. The highest BCUT2D eigenvalue weighted by Gasteiger charge is 2.56. The molecule has 0 N–H and O–H groups in total. The standard InChI is InChI=1S/C25H45Br/c1-6-7-20-19(9-8-17(2)3)10-11-22-21(20)14-15-25(5)23(18(4)16-26)12-13-24(22)25/h17-24H,6-16H2,1-5H3/t18?,19-,20-,21+,22+,23+,24-,25+/m0/s1. The molecule has 1 heteroatoms. The zero-order chi connectivity index (χ0) is 18.9. The SMILES string of the molecule is CCC[C@H]1[C@@H](CCC(C)C)CC[C@@H]2[C@@H]1CC[C@]1(C)[C@@H](C(C)CBr)CC[C@@H]21. The molecule has 0 aromatic heterocycles. The molecule has 1 unspecified atom stereocenters. The Labute approximate surface area is 172 Å². The van der Waals surface area contributed by atoms with Crippen LogP contribution in [0.15, 0.2) is 0 Å². The highest BCUT2D eigenvalue weighted by Crippen LogP contribution is 2.65. The van der Waals surface area contributed by atoms with Crippen LogP contribution in [-0.4, -0.2) is 5.33 Å². The lowest BCUT2D eigenvalue weighted by Crippen LogP contribution is -2.48. The van der Waals surface area contributed by atoms with Crippen molar-refractivity contribution in [3.05, 3.63) is 0 Å². The summed E-state index contributed by atoms with van der Waals surface area (Å²) in [5.74, 6) is 7.97. The van der Waals surface area contributed by atoms with Gasteiger partial charge in [0.15, 0.2) is 0 Å². The maximum absolute atomic E-state index is 3.80. The minimum atomic E-state index is 0.649. The van der Waals surface area contributed by atoms with Crippen LogP contribution in [0.25, 0.3) is 0 Å². The van der Waals surface area contributed by atoms with Crippen molar-refractivity contribution in [3.63, 3.8) is 0 Å². The van der Waals surface area contributed by atoms with E-state index in [1.54, 1.807) is 19.3 Å². The third-order valence-electron chi connectivity index (χ3n) is 9.26. The first-order chi connectivity index (χ1) is 12.4. The molecule has 3 aliphatic carbocycles. The van der Waals surface area contributed by atoms with Gasteiger partial charge in [0.25, 0.3) is 0 Å². The lowest BCUT2D eigenvalue weighted by atomic mass is 9.50. The third kappa shape index (κ3) is 3.95. The van der Waals surface area contributed by atoms with Gasteiger partial charge in [0.2, 0.25) is 0 Å². The fourth-order valence-corrected chi connectivity index (χ4v) is 8.46. The van der Waals surface area contributed by atoms with E-state index in [0.717, 1.165) is 47.3 Å². The maximum atomic E-state index is 3.80. The number of hydrogen-bond acceptors (Lipinski definition) is 0. The van der Waals surface area contributed by atoms with Crippen LogP contribution in [-0.2, 0) is 0 Å². The van der Waals surface area contributed by atoms with E-state index in [9.17, 15) is 0 Å². The summed E-state index contributed by atoms with van der Waals surface area (Å²) in [6.07, 6.45) is 15.1. The molecule has 0 saturated heterocycles. The first kappa shape index (κ1) is 21.2. The molecule has 3 aliphatic rings. The molecule has 152 valence electrons. The average molecular weight is 426 g/mol. The molecule has 0 heterocycles. The Kier molecular flexibility index (Phi) is 7.23. The minimum Gasteiger partial charge on any atom is -0.0925 e. The zero-order valence-electron chi connectivity index (χ0n) is 18.3. The maximum Gasteiger partial charge on any atom is 0.00598 e. The Morgan fingerprint density at radius 2 is 1.73 bits per heavy atom. The van der Waals surface area contributed by atoms with Crippen LogP contribution in [0.5, 0.6) is 0 Å². The van der Waals surface area contributed by atoms with Crippen LogP contribution >= 0.6 is 15.9 Å². The van der Waals surface area contributed by atoms with Gasteiger partial charge in [0.1, 0.15) is 0 Å². The van der Waals surface area contributed by atoms with Crippen LogP contribution in [0.4, 0.5) is 0 Å². The molecule has 0 spiro atoms. The van der Waals surface area contributed by atoms with E-state index in [1.807, 2.05) is 0 Å². The van der Waals surface area contributed by atoms with Gasteiger partial charge in [-0.05, 0) is 97.7 Å². The Hall–Kier alpha value is 0.480. The number of halogens is 1. The van der Waals surface area contributed by atoms with Crippen molar-refractivity contribution in [1.29, 1.82) is 0 Å². The topological polar surface area (TPSA) is 0 Å². The van der Waals surface area contributed by atoms with E-state index in [-0.39, 0.29) is 0 Å². The summed E-state index contributed by atoms with van der Waals surface area (Å²) >= 11 is 3.80. The van der Waals surface area contributed by atoms with Gasteiger partial charge in [-0.3, -0.25) is 0 Å². The summed E-state index contributed by atoms with van der Waals surface area (Å²) < 4.78 is 0. The molecule has 3 saturated carbocycles. The van der Waals surface area contributed by atoms with E-state index < -0.39 is 0 Å². The lowest BCUT2D eigenvalue weighted by molar-refractivity contribution is -0.0615. The molecule has 0 aromatic rings. The van der Waals surface area contributed by atoms with Gasteiger partial charge >= 0.3 is 0 Å². The first-order valence-corrected chi connectivity index (χ1v) is 13.1. The van der Waals surface area contributed by atoms with Crippen molar-refractivity contribution in [2.45, 2.75) is 98.8 Å². The molecule has 0 aliphatic heterocycles. The average Bonchev–Trinajstić information content (AvgIpc) is 2.97. The number of alkyl halides is 1. The zero-order valence-corrected chi connectivity index (χ0v) is 19.9. The van der Waals surface area contributed by atoms with Crippen molar-refractivity contribution in [1.82, 2.24) is 0 Å². The summed E-state index contributed by atoms with van der Waals surface area (Å²) in [7, 11) is 0. The summed E-state index contributed by atoms with van der Waals surface area (Å²) in [6.45, 7) is 12.5. The molecule has 0 radical (unpaired) electrons. The van der Waals surface area contributed by atoms with Crippen LogP contribution < -0.4 is 0 Å². The van der Waals surface area contributed by atoms with E-state index >= 15 is 0 Å². The van der Waals surface area contributed by atoms with E-state index in [4.69, 9.17) is 0 Å². The molecular weight excluding hydrogens is 380 g/mol. The lowest BCUT2D eigenvalue weighted by Gasteiger charge is -2.55. The molecule has 0 bridgehead atoms. The van der Waals surface area contributed by atoms with Gasteiger partial charge < -0.3 is 0 Å². The molecule has 0 nitrogen and oxygen atoms in total. The van der Waals surface area contributed by atoms with Crippen molar-refractivity contribution >= 4 is 15.9 Å².